The third-order valence-electron chi connectivity index (χ3n) is 9.24. The minimum absolute atomic E-state index is 0.0172. The molecule has 10 N–H and O–H groups in total. The van der Waals surface area contributed by atoms with E-state index in [0.29, 0.717) is 11.1 Å². The third-order valence-corrected chi connectivity index (χ3v) is 9.24. The van der Waals surface area contributed by atoms with Gasteiger partial charge in [0.2, 0.25) is 6.29 Å². The average Bonchev–Trinajstić information content (AvgIpc) is 3.17. The van der Waals surface area contributed by atoms with Crippen LogP contribution < -0.4 is 14.9 Å². The van der Waals surface area contributed by atoms with Crippen molar-refractivity contribution in [3.8, 4) is 40.1 Å². The number of methoxy groups -OCH3 is 1. The molecule has 55 heavy (non-hydrogen) atoms. The Morgan fingerprint density at radius 3 is 2.18 bits per heavy atom. The van der Waals surface area contributed by atoms with Gasteiger partial charge in [-0.3, -0.25) is 4.79 Å². The second kappa shape index (κ2) is 16.2. The van der Waals surface area contributed by atoms with Crippen LogP contribution in [0.1, 0.15) is 17.2 Å². The summed E-state index contributed by atoms with van der Waals surface area (Å²) < 4.78 is 33.5. The molecule has 294 valence electrons. The van der Waals surface area contributed by atoms with Gasteiger partial charge >= 0.3 is 5.97 Å². The van der Waals surface area contributed by atoms with Crippen LogP contribution in [0.25, 0.3) is 28.4 Å². The lowest BCUT2D eigenvalue weighted by Crippen LogP contribution is -2.60. The van der Waals surface area contributed by atoms with Gasteiger partial charge in [0.15, 0.2) is 16.9 Å². The van der Waals surface area contributed by atoms with Crippen LogP contribution in [0.5, 0.6) is 28.7 Å². The minimum atomic E-state index is -2.01. The van der Waals surface area contributed by atoms with E-state index < -0.39 is 108 Å². The Balaban J connectivity index is 1.33. The van der Waals surface area contributed by atoms with Gasteiger partial charge in [-0.2, -0.15) is 0 Å². The van der Waals surface area contributed by atoms with E-state index in [1.807, 2.05) is 0 Å². The van der Waals surface area contributed by atoms with Crippen molar-refractivity contribution >= 4 is 23.0 Å². The summed E-state index contributed by atoms with van der Waals surface area (Å²) >= 11 is 0. The molecule has 0 bridgehead atoms. The van der Waals surface area contributed by atoms with Gasteiger partial charge in [-0.25, -0.2) is 4.79 Å². The van der Waals surface area contributed by atoms with E-state index in [1.165, 1.54) is 55.7 Å². The van der Waals surface area contributed by atoms with Crippen molar-refractivity contribution in [2.24, 2.45) is 0 Å². The number of aliphatic hydroxyl groups excluding tert-OH is 7. The van der Waals surface area contributed by atoms with Gasteiger partial charge in [0.1, 0.15) is 95.5 Å². The minimum Gasteiger partial charge on any atom is -0.508 e. The van der Waals surface area contributed by atoms with E-state index in [9.17, 15) is 60.7 Å². The molecule has 0 saturated carbocycles. The molecule has 4 aromatic rings. The molecule has 2 saturated heterocycles. The standard InChI is InChI=1S/C37H38O18/c1-50-21-10-15(2-8-18(21)40)3-9-26(42)51-14-25-30(44)33(47)35(49)37(55-25)54-23-12-22-27(19(41)11-20(52-22)16-4-6-17(39)7-5-16)31(45)28(23)36-34(48)32(46)29(43)24(13-38)53-36/h2-12,24-25,29-30,32-40,43-49H,13-14H2,1H3. The lowest BCUT2D eigenvalue weighted by Gasteiger charge is -2.42. The summed E-state index contributed by atoms with van der Waals surface area (Å²) in [6.07, 6.45) is -15.9. The number of benzene rings is 3. The summed E-state index contributed by atoms with van der Waals surface area (Å²) in [6.45, 7) is -1.53. The lowest BCUT2D eigenvalue weighted by atomic mass is 9.89. The van der Waals surface area contributed by atoms with Crippen LogP contribution in [0.15, 0.2) is 69.9 Å². The van der Waals surface area contributed by atoms with Gasteiger partial charge in [0.25, 0.3) is 0 Å². The molecule has 0 amide bonds. The fourth-order valence-corrected chi connectivity index (χ4v) is 6.23. The highest BCUT2D eigenvalue weighted by atomic mass is 16.7. The van der Waals surface area contributed by atoms with Crippen molar-refractivity contribution in [3.05, 3.63) is 82.0 Å². The summed E-state index contributed by atoms with van der Waals surface area (Å²) in [7, 11) is 1.35. The van der Waals surface area contributed by atoms with E-state index in [0.717, 1.165) is 18.2 Å². The smallest absolute Gasteiger partial charge is 0.330 e. The number of fused-ring (bicyclic) bond motifs is 1. The number of aliphatic hydroxyl groups is 7. The Morgan fingerprint density at radius 1 is 0.800 bits per heavy atom. The maximum absolute atomic E-state index is 13.5. The molecule has 3 aromatic carbocycles. The number of phenols is 3. The topological polar surface area (TPSA) is 296 Å². The molecule has 10 atom stereocenters. The first-order valence-electron chi connectivity index (χ1n) is 16.7. The van der Waals surface area contributed by atoms with Crippen molar-refractivity contribution in [2.45, 2.75) is 61.2 Å². The van der Waals surface area contributed by atoms with Crippen molar-refractivity contribution < 1.29 is 84.0 Å². The van der Waals surface area contributed by atoms with Crippen LogP contribution in [-0.4, -0.2) is 132 Å². The summed E-state index contributed by atoms with van der Waals surface area (Å²) in [5.74, 6) is -2.37. The van der Waals surface area contributed by atoms with Crippen molar-refractivity contribution in [1.29, 1.82) is 0 Å². The monoisotopic (exact) mass is 770 g/mol. The molecule has 1 aromatic heterocycles. The molecule has 2 aliphatic rings. The first-order chi connectivity index (χ1) is 26.2. The van der Waals surface area contributed by atoms with Gasteiger partial charge in [-0.1, -0.05) is 6.07 Å². The zero-order valence-electron chi connectivity index (χ0n) is 28.8. The Morgan fingerprint density at radius 2 is 1.49 bits per heavy atom. The van der Waals surface area contributed by atoms with Crippen LogP contribution >= 0.6 is 0 Å². The summed E-state index contributed by atoms with van der Waals surface area (Å²) in [5, 5.41) is 105. The molecule has 0 spiro atoms. The quantitative estimate of drug-likeness (QED) is 0.0721. The number of phenolic OH excluding ortho intramolecular Hbond substituents is 3. The molecule has 2 aliphatic heterocycles. The highest BCUT2D eigenvalue weighted by Gasteiger charge is 2.49. The summed E-state index contributed by atoms with van der Waals surface area (Å²) in [4.78, 5) is 26.0. The first-order valence-corrected chi connectivity index (χ1v) is 16.7. The Hall–Kier alpha value is -5.28. The molecule has 18 heteroatoms. The largest absolute Gasteiger partial charge is 0.508 e. The van der Waals surface area contributed by atoms with E-state index in [1.54, 1.807) is 0 Å². The number of hydrogen-bond donors (Lipinski definition) is 10. The number of aromatic hydroxyl groups is 3. The maximum atomic E-state index is 13.5. The van der Waals surface area contributed by atoms with E-state index >= 15 is 0 Å². The zero-order valence-corrected chi connectivity index (χ0v) is 28.8. The van der Waals surface area contributed by atoms with Crippen LogP contribution in [-0.2, 0) is 19.0 Å². The lowest BCUT2D eigenvalue weighted by molar-refractivity contribution is -0.279. The van der Waals surface area contributed by atoms with Crippen LogP contribution in [0.4, 0.5) is 0 Å². The van der Waals surface area contributed by atoms with Crippen LogP contribution in [0.3, 0.4) is 0 Å². The molecule has 18 nitrogen and oxygen atoms in total. The normalized spacial score (nSPS) is 28.3. The second-order valence-corrected chi connectivity index (χ2v) is 12.8. The number of carbonyl (C=O) groups excluding carboxylic acids is 1. The number of carbonyl (C=O) groups is 1. The fraction of sp³-hybridized carbons (Fsp3) is 0.351. The van der Waals surface area contributed by atoms with Crippen LogP contribution in [0, 0.1) is 0 Å². The molecule has 0 radical (unpaired) electrons. The molecule has 0 aliphatic carbocycles. The molecular formula is C37H38O18. The number of hydrogen-bond acceptors (Lipinski definition) is 18. The molecule has 6 rings (SSSR count). The van der Waals surface area contributed by atoms with Crippen LogP contribution in [0.2, 0.25) is 0 Å². The third kappa shape index (κ3) is 7.94. The maximum Gasteiger partial charge on any atom is 0.330 e. The Bertz CT molecular complexity index is 2090. The fourth-order valence-electron chi connectivity index (χ4n) is 6.23. The van der Waals surface area contributed by atoms with Gasteiger partial charge in [0.05, 0.1) is 19.3 Å². The molecule has 3 heterocycles. The number of ether oxygens (including phenoxy) is 5. The predicted octanol–water partition coefficient (Wildman–Crippen LogP) is -0.457. The van der Waals surface area contributed by atoms with E-state index in [-0.39, 0.29) is 28.6 Å². The van der Waals surface area contributed by atoms with E-state index in [4.69, 9.17) is 28.1 Å². The van der Waals surface area contributed by atoms with Crippen molar-refractivity contribution in [1.82, 2.24) is 0 Å². The second-order valence-electron chi connectivity index (χ2n) is 12.8. The Kier molecular flexibility index (Phi) is 11.6. The van der Waals surface area contributed by atoms with Gasteiger partial charge in [-0.15, -0.1) is 0 Å². The first kappa shape index (κ1) is 39.4. The molecule has 10 unspecified atom stereocenters. The summed E-state index contributed by atoms with van der Waals surface area (Å²) in [6, 6.07) is 12.0. The van der Waals surface area contributed by atoms with Gasteiger partial charge < -0.3 is 79.2 Å². The van der Waals surface area contributed by atoms with Gasteiger partial charge in [-0.05, 0) is 48.0 Å². The SMILES string of the molecule is COc1cc(C=CC(=O)OCC2OC(Oc3cc4oc(-c5ccc(O)cc5)cc(=O)c4c(O)c3C3OC(CO)C(O)C(O)C3O)C(O)C(O)C2O)ccc1O. The molecular weight excluding hydrogens is 732 g/mol. The average molecular weight is 771 g/mol. The summed E-state index contributed by atoms with van der Waals surface area (Å²) in [5.41, 5.74) is -0.829. The Labute approximate surface area is 310 Å². The predicted molar refractivity (Wildman–Crippen MR) is 186 cm³/mol. The molecule has 2 fully saturated rings. The van der Waals surface area contributed by atoms with E-state index in [2.05, 4.69) is 0 Å². The number of esters is 1. The zero-order chi connectivity index (χ0) is 39.7. The van der Waals surface area contributed by atoms with Gasteiger partial charge in [0, 0.05) is 23.8 Å². The highest BCUT2D eigenvalue weighted by molar-refractivity contribution is 5.88. The van der Waals surface area contributed by atoms with Crippen molar-refractivity contribution in [3.63, 3.8) is 0 Å². The highest BCUT2D eigenvalue weighted by Crippen LogP contribution is 2.46. The number of rotatable bonds is 10. The van der Waals surface area contributed by atoms with Crippen molar-refractivity contribution in [2.75, 3.05) is 20.3 Å².